The number of fused-ring (bicyclic) bond motifs is 3. The van der Waals surface area contributed by atoms with Crippen LogP contribution in [-0.4, -0.2) is 0 Å². The van der Waals surface area contributed by atoms with E-state index < -0.39 is 0 Å². The molecule has 0 heterocycles. The lowest BCUT2D eigenvalue weighted by Gasteiger charge is -2.29. The summed E-state index contributed by atoms with van der Waals surface area (Å²) in [7, 11) is 0. The Labute approximate surface area is 421 Å². The molecule has 0 aliphatic heterocycles. The van der Waals surface area contributed by atoms with Gasteiger partial charge in [0, 0.05) is 46.0 Å². The van der Waals surface area contributed by atoms with Gasteiger partial charge in [0.25, 0.3) is 0 Å². The number of anilines is 5. The molecule has 2 heteroatoms. The average molecular weight is 921 g/mol. The summed E-state index contributed by atoms with van der Waals surface area (Å²) in [5.74, 6) is 1.17. The fraction of sp³-hybridized carbons (Fsp3) is 0.324. The van der Waals surface area contributed by atoms with Crippen molar-refractivity contribution in [2.24, 2.45) is 5.92 Å². The Morgan fingerprint density at radius 2 is 0.857 bits per heavy atom. The Hall–Kier alpha value is -6.38. The molecular formula is C68H76N2. The zero-order chi connectivity index (χ0) is 48.2. The van der Waals surface area contributed by atoms with Crippen LogP contribution in [0.3, 0.4) is 0 Å². The molecule has 0 N–H and O–H groups in total. The van der Waals surface area contributed by atoms with Gasteiger partial charge in [0.1, 0.15) is 0 Å². The lowest BCUT2D eigenvalue weighted by atomic mass is 9.81. The summed E-state index contributed by atoms with van der Waals surface area (Å²) in [6.45, 7) is 11.7. The summed E-state index contributed by atoms with van der Waals surface area (Å²) in [6.07, 6.45) is 24.3. The number of benzene rings is 7. The van der Waals surface area contributed by atoms with Gasteiger partial charge in [-0.2, -0.15) is 0 Å². The number of aryl methyl sites for hydroxylation is 2. The van der Waals surface area contributed by atoms with Crippen LogP contribution in [0.25, 0.3) is 11.1 Å². The molecule has 2 aliphatic carbocycles. The van der Waals surface area contributed by atoms with Crippen molar-refractivity contribution in [3.63, 3.8) is 0 Å². The molecule has 0 saturated carbocycles. The number of rotatable bonds is 22. The Morgan fingerprint density at radius 1 is 0.457 bits per heavy atom. The van der Waals surface area contributed by atoms with E-state index in [9.17, 15) is 0 Å². The Balaban J connectivity index is 1.06. The maximum Gasteiger partial charge on any atom is 0.0461 e. The second-order valence-corrected chi connectivity index (χ2v) is 20.5. The molecule has 358 valence electrons. The van der Waals surface area contributed by atoms with Crippen LogP contribution in [0.2, 0.25) is 0 Å². The maximum absolute atomic E-state index is 2.63. The normalized spacial score (nSPS) is 14.7. The lowest BCUT2D eigenvalue weighted by Crippen LogP contribution is -2.17. The van der Waals surface area contributed by atoms with Crippen LogP contribution in [0.1, 0.15) is 161 Å². The van der Waals surface area contributed by atoms with Crippen LogP contribution in [0.4, 0.5) is 28.4 Å². The van der Waals surface area contributed by atoms with Gasteiger partial charge in [-0.05, 0) is 180 Å². The summed E-state index contributed by atoms with van der Waals surface area (Å²) < 4.78 is 0. The van der Waals surface area contributed by atoms with Crippen LogP contribution in [0.15, 0.2) is 188 Å². The summed E-state index contributed by atoms with van der Waals surface area (Å²) in [5.41, 5.74) is 21.7. The van der Waals surface area contributed by atoms with Gasteiger partial charge in [0.15, 0.2) is 0 Å². The molecule has 0 radical (unpaired) electrons. The minimum absolute atomic E-state index is 0.324. The van der Waals surface area contributed by atoms with E-state index in [1.165, 1.54) is 154 Å². The van der Waals surface area contributed by atoms with E-state index in [0.29, 0.717) is 17.8 Å². The van der Waals surface area contributed by atoms with Gasteiger partial charge in [-0.15, -0.1) is 0 Å². The first-order valence-corrected chi connectivity index (χ1v) is 27.0. The molecule has 70 heavy (non-hydrogen) atoms. The first-order chi connectivity index (χ1) is 34.4. The number of unbranched alkanes of at least 4 members (excludes halogenated alkanes) is 8. The fourth-order valence-electron chi connectivity index (χ4n) is 11.5. The summed E-state index contributed by atoms with van der Waals surface area (Å²) in [4.78, 5) is 4.81. The fourth-order valence-corrected chi connectivity index (χ4v) is 11.5. The van der Waals surface area contributed by atoms with Crippen molar-refractivity contribution < 1.29 is 0 Å². The molecule has 0 aromatic heterocycles. The second-order valence-electron chi connectivity index (χ2n) is 20.5. The highest BCUT2D eigenvalue weighted by atomic mass is 15.1. The Bertz CT molecular complexity index is 2780. The van der Waals surface area contributed by atoms with Gasteiger partial charge in [-0.1, -0.05) is 188 Å². The van der Waals surface area contributed by atoms with Gasteiger partial charge in [-0.3, -0.25) is 0 Å². The predicted octanol–water partition coefficient (Wildman–Crippen LogP) is 19.9. The van der Waals surface area contributed by atoms with Crippen molar-refractivity contribution in [3.05, 3.63) is 232 Å². The van der Waals surface area contributed by atoms with Crippen molar-refractivity contribution in [1.29, 1.82) is 0 Å². The topological polar surface area (TPSA) is 6.48 Å². The molecule has 0 spiro atoms. The number of hydrogen-bond acceptors (Lipinski definition) is 2. The van der Waals surface area contributed by atoms with E-state index in [-0.39, 0.29) is 0 Å². The molecule has 2 aliphatic rings. The van der Waals surface area contributed by atoms with Gasteiger partial charge in [0.05, 0.1) is 0 Å². The van der Waals surface area contributed by atoms with E-state index in [0.717, 1.165) is 25.7 Å². The number of allylic oxidation sites excluding steroid dienone is 3. The second kappa shape index (κ2) is 23.5. The number of nitrogens with zero attached hydrogens (tertiary/aromatic N) is 2. The highest BCUT2D eigenvalue weighted by Gasteiger charge is 2.27. The largest absolute Gasteiger partial charge is 0.311 e. The highest BCUT2D eigenvalue weighted by Crippen LogP contribution is 2.46. The van der Waals surface area contributed by atoms with Gasteiger partial charge in [-0.25, -0.2) is 0 Å². The molecule has 7 aromatic rings. The van der Waals surface area contributed by atoms with E-state index in [4.69, 9.17) is 0 Å². The zero-order valence-electron chi connectivity index (χ0n) is 42.8. The summed E-state index contributed by atoms with van der Waals surface area (Å²) in [6, 6.07) is 62.0. The molecule has 0 bridgehead atoms. The Morgan fingerprint density at radius 3 is 1.29 bits per heavy atom. The molecule has 7 aromatic carbocycles. The smallest absolute Gasteiger partial charge is 0.0461 e. The molecule has 9 rings (SSSR count). The third kappa shape index (κ3) is 11.3. The molecule has 0 amide bonds. The quantitative estimate of drug-likeness (QED) is 0.0625. The van der Waals surface area contributed by atoms with Crippen molar-refractivity contribution >= 4 is 28.4 Å². The standard InChI is InChI=1S/C68H76N2/c1-6-8-10-12-23-34-63(53-36-40-60(41-37-53)69(57-27-17-14-18-28-57)58-29-19-15-20-30-58)65-48-67-55(45-51(65)4)47-56-46-52(5)66(49-68(56)67)64(35-24-13-11-9-7-2)54-38-42-61(43-39-54)70(59-31-21-16-22-32-59)62-33-25-26-50(3)44-62/h14-22,25,27-33,36-46,48-50,63-64H,6-13,23-24,26,34-35,47H2,1-5H3. The van der Waals surface area contributed by atoms with E-state index in [1.807, 2.05) is 0 Å². The molecule has 3 unspecified atom stereocenters. The minimum atomic E-state index is 0.324. The maximum atomic E-state index is 2.63. The van der Waals surface area contributed by atoms with Crippen LogP contribution < -0.4 is 9.80 Å². The van der Waals surface area contributed by atoms with Crippen molar-refractivity contribution in [1.82, 2.24) is 0 Å². The molecular weight excluding hydrogens is 845 g/mol. The van der Waals surface area contributed by atoms with Gasteiger partial charge in [0.2, 0.25) is 0 Å². The third-order valence-corrected chi connectivity index (χ3v) is 15.3. The van der Waals surface area contributed by atoms with Crippen LogP contribution in [0.5, 0.6) is 0 Å². The molecule has 0 fully saturated rings. The van der Waals surface area contributed by atoms with Crippen molar-refractivity contribution in [2.45, 2.75) is 136 Å². The minimum Gasteiger partial charge on any atom is -0.311 e. The van der Waals surface area contributed by atoms with Gasteiger partial charge >= 0.3 is 0 Å². The lowest BCUT2D eigenvalue weighted by molar-refractivity contribution is 0.579. The van der Waals surface area contributed by atoms with Crippen LogP contribution >= 0.6 is 0 Å². The van der Waals surface area contributed by atoms with Gasteiger partial charge < -0.3 is 9.80 Å². The van der Waals surface area contributed by atoms with E-state index in [2.05, 4.69) is 226 Å². The van der Waals surface area contributed by atoms with Crippen LogP contribution in [-0.2, 0) is 6.42 Å². The number of hydrogen-bond donors (Lipinski definition) is 0. The zero-order valence-corrected chi connectivity index (χ0v) is 42.8. The summed E-state index contributed by atoms with van der Waals surface area (Å²) >= 11 is 0. The SMILES string of the molecule is CCCCCCCC(c1ccc(N(C2=CC(C)CC=C2)c2ccccc2)cc1)c1cc2c(cc1C)Cc1cc(C)c(C(CCCCCCC)c3ccc(N(c4ccccc4)c4ccccc4)cc3)cc1-2. The van der Waals surface area contributed by atoms with Crippen molar-refractivity contribution in [2.75, 3.05) is 9.80 Å². The molecule has 2 nitrogen and oxygen atoms in total. The Kier molecular flexibility index (Phi) is 16.3. The first kappa shape index (κ1) is 48.6. The van der Waals surface area contributed by atoms with Crippen LogP contribution in [0, 0.1) is 19.8 Å². The molecule has 3 atom stereocenters. The average Bonchev–Trinajstić information content (AvgIpc) is 3.73. The van der Waals surface area contributed by atoms with Crippen molar-refractivity contribution in [3.8, 4) is 11.1 Å². The summed E-state index contributed by atoms with van der Waals surface area (Å²) in [5, 5.41) is 0. The highest BCUT2D eigenvalue weighted by molar-refractivity contribution is 5.80. The molecule has 0 saturated heterocycles. The number of para-hydroxylation sites is 3. The monoisotopic (exact) mass is 921 g/mol. The third-order valence-electron chi connectivity index (χ3n) is 15.3. The predicted molar refractivity (Wildman–Crippen MR) is 302 cm³/mol. The first-order valence-electron chi connectivity index (χ1n) is 27.0. The van der Waals surface area contributed by atoms with E-state index >= 15 is 0 Å². The van der Waals surface area contributed by atoms with E-state index in [1.54, 1.807) is 0 Å².